The number of methoxy groups -OCH3 is 1. The highest BCUT2D eigenvalue weighted by Gasteiger charge is 2.47. The number of hydrogen-bond donors (Lipinski definition) is 0. The van der Waals surface area contributed by atoms with Gasteiger partial charge in [0.1, 0.15) is 0 Å². The van der Waals surface area contributed by atoms with Crippen molar-refractivity contribution in [1.82, 2.24) is 0 Å². The number of ether oxygens (including phenoxy) is 1. The molecule has 2 aromatic rings. The molecule has 2 aromatic carbocycles. The van der Waals surface area contributed by atoms with E-state index < -0.39 is 10.3 Å². The summed E-state index contributed by atoms with van der Waals surface area (Å²) < 4.78 is 5.20. The minimum absolute atomic E-state index is 0.144. The molecule has 6 nitrogen and oxygen atoms in total. The molecule has 0 spiro atoms. The minimum Gasteiger partial charge on any atom is -0.490 e. The number of carbonyl (C=O) groups is 1. The Bertz CT molecular complexity index is 1120. The van der Waals surface area contributed by atoms with Gasteiger partial charge in [-0.25, -0.2) is 0 Å². The molecule has 0 amide bonds. The molecule has 134 valence electrons. The molecule has 27 heavy (non-hydrogen) atoms. The fourth-order valence-corrected chi connectivity index (χ4v) is 4.31. The number of carbonyl (C=O) groups excluding carboxylic acids is 1. The number of ketones is 1. The van der Waals surface area contributed by atoms with Gasteiger partial charge in [0.15, 0.2) is 11.5 Å². The van der Waals surface area contributed by atoms with Gasteiger partial charge in [-0.05, 0) is 47.4 Å². The molecule has 0 fully saturated rings. The SMILES string of the molecule is COc1ccc2c(c1[N+](=O)[O-])C(C)(C)C1=C(C2=O)c2ccc(C#N)cc2C1. The second-order valence-electron chi connectivity index (χ2n) is 7.26. The average molecular weight is 360 g/mol. The molecular weight excluding hydrogens is 344 g/mol. The van der Waals surface area contributed by atoms with Crippen molar-refractivity contribution < 1.29 is 14.5 Å². The van der Waals surface area contributed by atoms with Crippen molar-refractivity contribution in [2.45, 2.75) is 25.7 Å². The third-order valence-corrected chi connectivity index (χ3v) is 5.57. The van der Waals surface area contributed by atoms with E-state index in [-0.39, 0.29) is 17.2 Å². The van der Waals surface area contributed by atoms with E-state index in [1.54, 1.807) is 24.3 Å². The summed E-state index contributed by atoms with van der Waals surface area (Å²) in [4.78, 5) is 24.6. The van der Waals surface area contributed by atoms with Gasteiger partial charge in [0.05, 0.1) is 29.2 Å². The molecule has 0 saturated heterocycles. The van der Waals surface area contributed by atoms with Crippen molar-refractivity contribution in [3.8, 4) is 11.8 Å². The van der Waals surface area contributed by atoms with E-state index in [2.05, 4.69) is 6.07 Å². The number of hydrogen-bond acceptors (Lipinski definition) is 5. The number of rotatable bonds is 2. The molecule has 0 N–H and O–H groups in total. The molecule has 0 atom stereocenters. The quantitative estimate of drug-likeness (QED) is 0.597. The van der Waals surface area contributed by atoms with Gasteiger partial charge in [0.2, 0.25) is 0 Å². The van der Waals surface area contributed by atoms with E-state index >= 15 is 0 Å². The maximum atomic E-state index is 13.3. The van der Waals surface area contributed by atoms with Crippen molar-refractivity contribution >= 4 is 17.0 Å². The van der Waals surface area contributed by atoms with E-state index in [0.717, 1.165) is 16.7 Å². The van der Waals surface area contributed by atoms with Crippen LogP contribution in [-0.4, -0.2) is 17.8 Å². The normalized spacial score (nSPS) is 16.3. The Hall–Kier alpha value is -3.46. The zero-order valence-corrected chi connectivity index (χ0v) is 15.1. The van der Waals surface area contributed by atoms with Gasteiger partial charge in [-0.1, -0.05) is 19.9 Å². The zero-order valence-electron chi connectivity index (χ0n) is 15.1. The number of fused-ring (bicyclic) bond motifs is 3. The molecule has 0 heterocycles. The number of nitriles is 1. The van der Waals surface area contributed by atoms with Crippen LogP contribution in [0.3, 0.4) is 0 Å². The lowest BCUT2D eigenvalue weighted by Gasteiger charge is -2.34. The highest BCUT2D eigenvalue weighted by atomic mass is 16.6. The first-order chi connectivity index (χ1) is 12.8. The van der Waals surface area contributed by atoms with E-state index in [1.165, 1.54) is 13.2 Å². The topological polar surface area (TPSA) is 93.2 Å². The Morgan fingerprint density at radius 2 is 1.93 bits per heavy atom. The summed E-state index contributed by atoms with van der Waals surface area (Å²) in [7, 11) is 1.38. The third kappa shape index (κ3) is 2.15. The van der Waals surface area contributed by atoms with Crippen LogP contribution in [0.5, 0.6) is 5.75 Å². The van der Waals surface area contributed by atoms with E-state index in [0.29, 0.717) is 28.7 Å². The molecule has 0 aliphatic heterocycles. The van der Waals surface area contributed by atoms with E-state index in [1.807, 2.05) is 13.8 Å². The van der Waals surface area contributed by atoms with Crippen molar-refractivity contribution in [2.24, 2.45) is 0 Å². The molecule has 2 aliphatic carbocycles. The Morgan fingerprint density at radius 1 is 1.22 bits per heavy atom. The minimum atomic E-state index is -0.721. The first-order valence-corrected chi connectivity index (χ1v) is 8.48. The summed E-state index contributed by atoms with van der Waals surface area (Å²) in [5.41, 5.74) is 3.55. The summed E-state index contributed by atoms with van der Waals surface area (Å²) >= 11 is 0. The van der Waals surface area contributed by atoms with Gasteiger partial charge in [0, 0.05) is 16.6 Å². The Labute approximate surface area is 155 Å². The molecule has 6 heteroatoms. The average Bonchev–Trinajstić information content (AvgIpc) is 3.04. The summed E-state index contributed by atoms with van der Waals surface area (Å²) in [5, 5.41) is 21.0. The van der Waals surface area contributed by atoms with Crippen LogP contribution >= 0.6 is 0 Å². The standard InChI is InChI=1S/C21H16N2O4/c1-21(2)15-9-12-8-11(10-22)4-5-13(12)17(15)20(24)14-6-7-16(27-3)19(18(14)21)23(25)26/h4-8H,9H2,1-3H3. The third-order valence-electron chi connectivity index (χ3n) is 5.57. The lowest BCUT2D eigenvalue weighted by molar-refractivity contribution is -0.386. The predicted molar refractivity (Wildman–Crippen MR) is 98.8 cm³/mol. The van der Waals surface area contributed by atoms with Gasteiger partial charge >= 0.3 is 5.69 Å². The number of Topliss-reactive ketones (excluding diaryl/α,β-unsaturated/α-hetero) is 1. The molecule has 4 rings (SSSR count). The number of allylic oxidation sites excluding steroid dienone is 2. The Morgan fingerprint density at radius 3 is 2.56 bits per heavy atom. The number of nitrogens with zero attached hydrogens (tertiary/aromatic N) is 2. The molecule has 0 unspecified atom stereocenters. The van der Waals surface area contributed by atoms with Gasteiger partial charge in [0.25, 0.3) is 0 Å². The van der Waals surface area contributed by atoms with Crippen LogP contribution in [0.15, 0.2) is 35.9 Å². The van der Waals surface area contributed by atoms with E-state index in [4.69, 9.17) is 10.00 Å². The first kappa shape index (κ1) is 17.0. The fourth-order valence-electron chi connectivity index (χ4n) is 4.31. The monoisotopic (exact) mass is 360 g/mol. The van der Waals surface area contributed by atoms with Crippen molar-refractivity contribution in [2.75, 3.05) is 7.11 Å². The highest BCUT2D eigenvalue weighted by Crippen LogP contribution is 2.53. The van der Waals surface area contributed by atoms with Crippen LogP contribution in [0.25, 0.3) is 5.57 Å². The van der Waals surface area contributed by atoms with Crippen LogP contribution in [-0.2, 0) is 11.8 Å². The van der Waals surface area contributed by atoms with E-state index in [9.17, 15) is 14.9 Å². The smallest absolute Gasteiger partial charge is 0.315 e. The summed E-state index contributed by atoms with van der Waals surface area (Å²) in [5.74, 6) is -0.0699. The summed E-state index contributed by atoms with van der Waals surface area (Å²) in [6.45, 7) is 3.80. The molecule has 0 saturated carbocycles. The highest BCUT2D eigenvalue weighted by molar-refractivity contribution is 6.33. The van der Waals surface area contributed by atoms with Crippen molar-refractivity contribution in [3.63, 3.8) is 0 Å². The van der Waals surface area contributed by atoms with Gasteiger partial charge < -0.3 is 4.74 Å². The van der Waals surface area contributed by atoms with Crippen LogP contribution < -0.4 is 4.74 Å². The van der Waals surface area contributed by atoms with Crippen molar-refractivity contribution in [1.29, 1.82) is 5.26 Å². The van der Waals surface area contributed by atoms with Gasteiger partial charge in [-0.15, -0.1) is 0 Å². The summed E-state index contributed by atoms with van der Waals surface area (Å²) in [6, 6.07) is 10.5. The number of benzene rings is 2. The second kappa shape index (κ2) is 5.52. The lowest BCUT2D eigenvalue weighted by atomic mass is 9.67. The number of nitro benzene ring substituents is 1. The predicted octanol–water partition coefficient (Wildman–Crippen LogP) is 3.96. The zero-order chi connectivity index (χ0) is 19.5. The molecule has 0 aromatic heterocycles. The maximum absolute atomic E-state index is 13.3. The van der Waals surface area contributed by atoms with Gasteiger partial charge in [-0.3, -0.25) is 14.9 Å². The van der Waals surface area contributed by atoms with Crippen LogP contribution in [0.2, 0.25) is 0 Å². The van der Waals surface area contributed by atoms with Crippen LogP contribution in [0.1, 0.15) is 46.5 Å². The lowest BCUT2D eigenvalue weighted by Crippen LogP contribution is -2.31. The van der Waals surface area contributed by atoms with Gasteiger partial charge in [-0.2, -0.15) is 5.26 Å². The Balaban J connectivity index is 2.01. The first-order valence-electron chi connectivity index (χ1n) is 8.48. The van der Waals surface area contributed by atoms with Crippen LogP contribution in [0.4, 0.5) is 5.69 Å². The number of nitro groups is 1. The summed E-state index contributed by atoms with van der Waals surface area (Å²) in [6.07, 6.45) is 0.493. The second-order valence-corrected chi connectivity index (χ2v) is 7.26. The van der Waals surface area contributed by atoms with Crippen LogP contribution in [0, 0.1) is 21.4 Å². The Kier molecular flexibility index (Phi) is 3.47. The largest absolute Gasteiger partial charge is 0.490 e. The molecule has 0 radical (unpaired) electrons. The maximum Gasteiger partial charge on any atom is 0.315 e. The molecule has 2 aliphatic rings. The van der Waals surface area contributed by atoms with Crippen molar-refractivity contribution in [3.05, 3.63) is 73.8 Å². The molecular formula is C21H16N2O4. The molecule has 0 bridgehead atoms. The fraction of sp³-hybridized carbons (Fsp3) is 0.238.